The summed E-state index contributed by atoms with van der Waals surface area (Å²) in [6.07, 6.45) is 0.761. The highest BCUT2D eigenvalue weighted by Crippen LogP contribution is 2.20. The fraction of sp³-hybridized carbons (Fsp3) is 0.467. The topological polar surface area (TPSA) is 55.4 Å². The third kappa shape index (κ3) is 6.60. The molecule has 0 saturated heterocycles. The number of carbonyl (C=O) groups is 2. The minimum Gasteiger partial charge on any atom is -0.445 e. The maximum atomic E-state index is 11.6. The van der Waals surface area contributed by atoms with Crippen LogP contribution in [0.25, 0.3) is 0 Å². The van der Waals surface area contributed by atoms with E-state index in [2.05, 4.69) is 5.32 Å². The smallest absolute Gasteiger partial charge is 0.408 e. The Bertz CT molecular complexity index is 409. The molecule has 1 atom stereocenters. The molecule has 19 heavy (non-hydrogen) atoms. The van der Waals surface area contributed by atoms with E-state index in [9.17, 15) is 9.59 Å². The molecule has 0 unspecified atom stereocenters. The lowest BCUT2D eigenvalue weighted by atomic mass is 9.88. The van der Waals surface area contributed by atoms with Crippen molar-refractivity contribution in [1.29, 1.82) is 0 Å². The number of carbonyl (C=O) groups excluding carboxylic acids is 2. The fourth-order valence-electron chi connectivity index (χ4n) is 1.71. The van der Waals surface area contributed by atoms with E-state index in [1.807, 2.05) is 51.1 Å². The molecule has 1 aromatic rings. The van der Waals surface area contributed by atoms with Crippen LogP contribution in [0.2, 0.25) is 0 Å². The Morgan fingerprint density at radius 3 is 2.47 bits per heavy atom. The van der Waals surface area contributed by atoms with E-state index in [-0.39, 0.29) is 12.0 Å². The third-order valence-electron chi connectivity index (χ3n) is 2.51. The second kappa shape index (κ2) is 6.92. The maximum Gasteiger partial charge on any atom is 0.408 e. The van der Waals surface area contributed by atoms with Crippen molar-refractivity contribution < 1.29 is 14.3 Å². The van der Waals surface area contributed by atoms with Crippen LogP contribution >= 0.6 is 0 Å². The van der Waals surface area contributed by atoms with E-state index in [4.69, 9.17) is 4.74 Å². The number of hydrogen-bond acceptors (Lipinski definition) is 3. The van der Waals surface area contributed by atoms with E-state index in [1.54, 1.807) is 0 Å². The van der Waals surface area contributed by atoms with Gasteiger partial charge < -0.3 is 14.8 Å². The van der Waals surface area contributed by atoms with Crippen molar-refractivity contribution >= 4 is 12.4 Å². The first kappa shape index (κ1) is 15.2. The van der Waals surface area contributed by atoms with Crippen LogP contribution in [0.4, 0.5) is 4.79 Å². The Hall–Kier alpha value is -1.84. The summed E-state index contributed by atoms with van der Waals surface area (Å²) < 4.78 is 5.07. The van der Waals surface area contributed by atoms with Crippen LogP contribution in [0.5, 0.6) is 0 Å². The molecule has 104 valence electrons. The van der Waals surface area contributed by atoms with E-state index < -0.39 is 12.1 Å². The minimum absolute atomic E-state index is 0.0295. The molecule has 0 spiro atoms. The Labute approximate surface area is 114 Å². The third-order valence-corrected chi connectivity index (χ3v) is 2.51. The van der Waals surface area contributed by atoms with Crippen molar-refractivity contribution in [1.82, 2.24) is 5.32 Å². The molecule has 0 heterocycles. The molecule has 0 saturated carbocycles. The fourth-order valence-corrected chi connectivity index (χ4v) is 1.71. The molecule has 0 radical (unpaired) electrons. The van der Waals surface area contributed by atoms with Crippen LogP contribution in [-0.4, -0.2) is 18.4 Å². The van der Waals surface area contributed by atoms with Crippen molar-refractivity contribution in [3.05, 3.63) is 35.9 Å². The summed E-state index contributed by atoms with van der Waals surface area (Å²) in [6, 6.07) is 8.90. The van der Waals surface area contributed by atoms with Gasteiger partial charge in [-0.25, -0.2) is 4.79 Å². The molecular formula is C15H21NO3. The average molecular weight is 263 g/mol. The van der Waals surface area contributed by atoms with Crippen molar-refractivity contribution in [3.63, 3.8) is 0 Å². The summed E-state index contributed by atoms with van der Waals surface area (Å²) in [6.45, 7) is 6.25. The van der Waals surface area contributed by atoms with Crippen molar-refractivity contribution in [2.45, 2.75) is 39.8 Å². The predicted octanol–water partition coefficient (Wildman–Crippen LogP) is 2.92. The van der Waals surface area contributed by atoms with Gasteiger partial charge in [0, 0.05) is 0 Å². The summed E-state index contributed by atoms with van der Waals surface area (Å²) in [7, 11) is 0. The molecule has 1 rings (SSSR count). The van der Waals surface area contributed by atoms with E-state index in [0.717, 1.165) is 11.8 Å². The average Bonchev–Trinajstić information content (AvgIpc) is 2.35. The number of rotatable bonds is 5. The number of alkyl carbamates (subject to hydrolysis) is 1. The van der Waals surface area contributed by atoms with Gasteiger partial charge in [0.1, 0.15) is 12.9 Å². The van der Waals surface area contributed by atoms with Gasteiger partial charge in [-0.3, -0.25) is 0 Å². The van der Waals surface area contributed by atoms with Crippen LogP contribution in [0.1, 0.15) is 32.8 Å². The molecule has 4 nitrogen and oxygen atoms in total. The number of benzene rings is 1. The first-order valence-corrected chi connectivity index (χ1v) is 6.33. The molecule has 0 aliphatic rings. The minimum atomic E-state index is -0.565. The van der Waals surface area contributed by atoms with Gasteiger partial charge >= 0.3 is 6.09 Å². The van der Waals surface area contributed by atoms with Crippen LogP contribution in [-0.2, 0) is 16.1 Å². The van der Waals surface area contributed by atoms with Gasteiger partial charge in [0.15, 0.2) is 0 Å². The molecule has 0 aliphatic heterocycles. The molecule has 0 bridgehead atoms. The van der Waals surface area contributed by atoms with Gasteiger partial charge in [-0.2, -0.15) is 0 Å². The molecular weight excluding hydrogens is 242 g/mol. The number of nitrogens with one attached hydrogen (secondary N) is 1. The van der Waals surface area contributed by atoms with E-state index in [1.165, 1.54) is 0 Å². The van der Waals surface area contributed by atoms with Crippen molar-refractivity contribution in [2.24, 2.45) is 5.41 Å². The normalized spacial score (nSPS) is 12.6. The Balaban J connectivity index is 2.39. The Kier molecular flexibility index (Phi) is 5.55. The highest BCUT2D eigenvalue weighted by molar-refractivity contribution is 5.73. The van der Waals surface area contributed by atoms with Crippen LogP contribution in [0.3, 0.4) is 0 Å². The summed E-state index contributed by atoms with van der Waals surface area (Å²) >= 11 is 0. The number of hydrogen-bond donors (Lipinski definition) is 1. The number of aldehydes is 1. The summed E-state index contributed by atoms with van der Waals surface area (Å²) in [4.78, 5) is 22.5. The standard InChI is InChI=1S/C15H21NO3/c1-15(2,3)9-13(10-17)16-14(18)19-11-12-7-5-4-6-8-12/h4-8,10,13H,9,11H2,1-3H3,(H,16,18)/t13-/m0/s1. The molecule has 1 N–H and O–H groups in total. The van der Waals surface area contributed by atoms with Crippen molar-refractivity contribution in [3.8, 4) is 0 Å². The summed E-state index contributed by atoms with van der Waals surface area (Å²) in [5.41, 5.74) is 0.884. The zero-order chi connectivity index (χ0) is 14.3. The largest absolute Gasteiger partial charge is 0.445 e. The SMILES string of the molecule is CC(C)(C)C[C@@H](C=O)NC(=O)OCc1ccccc1. The quantitative estimate of drug-likeness (QED) is 0.831. The molecule has 0 aliphatic carbocycles. The van der Waals surface area contributed by atoms with E-state index in [0.29, 0.717) is 6.42 Å². The molecule has 1 aromatic carbocycles. The Morgan fingerprint density at radius 2 is 1.95 bits per heavy atom. The number of amides is 1. The van der Waals surface area contributed by atoms with Crippen LogP contribution in [0, 0.1) is 5.41 Å². The highest BCUT2D eigenvalue weighted by Gasteiger charge is 2.20. The van der Waals surface area contributed by atoms with Crippen LogP contribution in [0.15, 0.2) is 30.3 Å². The first-order valence-electron chi connectivity index (χ1n) is 6.33. The van der Waals surface area contributed by atoms with Gasteiger partial charge in [-0.1, -0.05) is 51.1 Å². The second-order valence-electron chi connectivity index (χ2n) is 5.71. The zero-order valence-corrected chi connectivity index (χ0v) is 11.7. The van der Waals surface area contributed by atoms with Gasteiger partial charge in [-0.05, 0) is 17.4 Å². The van der Waals surface area contributed by atoms with Gasteiger partial charge in [0.2, 0.25) is 0 Å². The highest BCUT2D eigenvalue weighted by atomic mass is 16.5. The molecule has 0 aromatic heterocycles. The predicted molar refractivity (Wildman–Crippen MR) is 73.7 cm³/mol. The van der Waals surface area contributed by atoms with Gasteiger partial charge in [0.05, 0.1) is 6.04 Å². The zero-order valence-electron chi connectivity index (χ0n) is 11.7. The summed E-state index contributed by atoms with van der Waals surface area (Å²) in [5.74, 6) is 0. The lowest BCUT2D eigenvalue weighted by Gasteiger charge is -2.22. The molecule has 4 heteroatoms. The van der Waals surface area contributed by atoms with E-state index >= 15 is 0 Å². The Morgan fingerprint density at radius 1 is 1.32 bits per heavy atom. The van der Waals surface area contributed by atoms with Crippen molar-refractivity contribution in [2.75, 3.05) is 0 Å². The summed E-state index contributed by atoms with van der Waals surface area (Å²) in [5, 5.41) is 2.56. The monoisotopic (exact) mass is 263 g/mol. The second-order valence-corrected chi connectivity index (χ2v) is 5.71. The van der Waals surface area contributed by atoms with Gasteiger partial charge in [-0.15, -0.1) is 0 Å². The maximum absolute atomic E-state index is 11.6. The molecule has 1 amide bonds. The lowest BCUT2D eigenvalue weighted by molar-refractivity contribution is -0.110. The molecule has 0 fully saturated rings. The van der Waals surface area contributed by atoms with Gasteiger partial charge in [0.25, 0.3) is 0 Å². The number of ether oxygens (including phenoxy) is 1. The first-order chi connectivity index (χ1) is 8.90. The lowest BCUT2D eigenvalue weighted by Crippen LogP contribution is -2.38. The van der Waals surface area contributed by atoms with Crippen LogP contribution < -0.4 is 5.32 Å².